The molecule has 0 unspecified atom stereocenters. The maximum Gasteiger partial charge on any atom is 0.322 e. The van der Waals surface area contributed by atoms with Crippen LogP contribution >= 0.6 is 15.9 Å². The van der Waals surface area contributed by atoms with Crippen LogP contribution in [0.15, 0.2) is 22.8 Å². The van der Waals surface area contributed by atoms with E-state index in [1.54, 1.807) is 17.2 Å². The number of nitrogens with one attached hydrogen (secondary N) is 1. The number of carbonyl (C=O) groups excluding carboxylic acids is 1. The minimum Gasteiger partial charge on any atom is -0.325 e. The van der Waals surface area contributed by atoms with Gasteiger partial charge in [-0.1, -0.05) is 15.9 Å². The lowest BCUT2D eigenvalue weighted by Crippen LogP contribution is -2.34. The van der Waals surface area contributed by atoms with Crippen molar-refractivity contribution < 1.29 is 4.79 Å². The highest BCUT2D eigenvalue weighted by Gasteiger charge is 2.09. The molecule has 1 aromatic rings. The van der Waals surface area contributed by atoms with Crippen molar-refractivity contribution in [3.05, 3.63) is 22.8 Å². The second kappa shape index (κ2) is 5.70. The summed E-state index contributed by atoms with van der Waals surface area (Å²) in [5.41, 5.74) is 0. The average Bonchev–Trinajstić information content (AvgIpc) is 2.19. The Morgan fingerprint density at radius 1 is 1.53 bits per heavy atom. The van der Waals surface area contributed by atoms with Gasteiger partial charge < -0.3 is 4.90 Å². The van der Waals surface area contributed by atoms with Crippen molar-refractivity contribution in [2.24, 2.45) is 0 Å². The summed E-state index contributed by atoms with van der Waals surface area (Å²) in [6, 6.07) is 3.46. The molecule has 0 fully saturated rings. The summed E-state index contributed by atoms with van der Waals surface area (Å²) in [4.78, 5) is 17.4. The number of hydrogen-bond donors (Lipinski definition) is 1. The molecule has 5 heteroatoms. The molecule has 2 amide bonds. The lowest BCUT2D eigenvalue weighted by atomic mass is 10.4. The van der Waals surface area contributed by atoms with Crippen molar-refractivity contribution in [2.45, 2.75) is 13.8 Å². The summed E-state index contributed by atoms with van der Waals surface area (Å²) in [6.07, 6.45) is 1.64. The first-order valence-corrected chi connectivity index (χ1v) is 5.64. The molecule has 0 spiro atoms. The number of nitrogens with zero attached hydrogens (tertiary/aromatic N) is 2. The zero-order chi connectivity index (χ0) is 11.3. The molecule has 0 saturated heterocycles. The number of carbonyl (C=O) groups is 1. The number of pyridine rings is 1. The van der Waals surface area contributed by atoms with E-state index in [0.717, 1.165) is 4.47 Å². The molecule has 0 radical (unpaired) electrons. The molecule has 0 aromatic carbocycles. The van der Waals surface area contributed by atoms with Gasteiger partial charge in [-0.15, -0.1) is 0 Å². The van der Waals surface area contributed by atoms with E-state index in [0.29, 0.717) is 18.9 Å². The monoisotopic (exact) mass is 271 g/mol. The van der Waals surface area contributed by atoms with E-state index < -0.39 is 0 Å². The molecule has 0 saturated carbocycles. The zero-order valence-electron chi connectivity index (χ0n) is 8.83. The molecule has 4 nitrogen and oxygen atoms in total. The largest absolute Gasteiger partial charge is 0.325 e. The Hall–Kier alpha value is -1.10. The molecule has 1 rings (SSSR count). The molecule has 1 heterocycles. The van der Waals surface area contributed by atoms with Crippen molar-refractivity contribution in [1.82, 2.24) is 9.88 Å². The van der Waals surface area contributed by atoms with Gasteiger partial charge in [-0.05, 0) is 26.0 Å². The summed E-state index contributed by atoms with van der Waals surface area (Å²) in [5, 5.41) is 2.73. The number of urea groups is 1. The second-order valence-electron chi connectivity index (χ2n) is 2.96. The van der Waals surface area contributed by atoms with Gasteiger partial charge in [-0.3, -0.25) is 5.32 Å². The number of hydrogen-bond acceptors (Lipinski definition) is 2. The van der Waals surface area contributed by atoms with Gasteiger partial charge in [0.05, 0.1) is 0 Å². The third kappa shape index (κ3) is 3.51. The molecular weight excluding hydrogens is 258 g/mol. The van der Waals surface area contributed by atoms with E-state index in [9.17, 15) is 4.79 Å². The quantitative estimate of drug-likeness (QED) is 0.919. The molecular formula is C10H14BrN3O. The summed E-state index contributed by atoms with van der Waals surface area (Å²) in [6.45, 7) is 5.27. The fourth-order valence-electron chi connectivity index (χ4n) is 1.17. The predicted molar refractivity (Wildman–Crippen MR) is 63.9 cm³/mol. The van der Waals surface area contributed by atoms with Gasteiger partial charge in [-0.25, -0.2) is 9.78 Å². The van der Waals surface area contributed by atoms with Crippen LogP contribution in [0.4, 0.5) is 10.6 Å². The summed E-state index contributed by atoms with van der Waals surface area (Å²) >= 11 is 3.32. The molecule has 0 aliphatic carbocycles. The third-order valence-corrected chi connectivity index (χ3v) is 2.50. The lowest BCUT2D eigenvalue weighted by molar-refractivity contribution is 0.217. The first kappa shape index (κ1) is 12.0. The minimum absolute atomic E-state index is 0.120. The number of aromatic nitrogens is 1. The Morgan fingerprint density at radius 3 is 2.73 bits per heavy atom. The second-order valence-corrected chi connectivity index (χ2v) is 3.88. The van der Waals surface area contributed by atoms with E-state index in [-0.39, 0.29) is 6.03 Å². The Kier molecular flexibility index (Phi) is 4.55. The fourth-order valence-corrected chi connectivity index (χ4v) is 1.51. The van der Waals surface area contributed by atoms with Crippen LogP contribution < -0.4 is 5.32 Å². The van der Waals surface area contributed by atoms with Crippen LogP contribution in [0, 0.1) is 0 Å². The van der Waals surface area contributed by atoms with Crippen molar-refractivity contribution in [3.63, 3.8) is 0 Å². The topological polar surface area (TPSA) is 45.2 Å². The van der Waals surface area contributed by atoms with E-state index in [2.05, 4.69) is 26.2 Å². The first-order valence-electron chi connectivity index (χ1n) is 4.84. The Bertz CT molecular complexity index is 339. The molecule has 1 aromatic heterocycles. The van der Waals surface area contributed by atoms with Crippen LogP contribution in [0.3, 0.4) is 0 Å². The number of halogens is 1. The number of anilines is 1. The maximum absolute atomic E-state index is 11.6. The van der Waals surface area contributed by atoms with Gasteiger partial charge in [0.25, 0.3) is 0 Å². The average molecular weight is 272 g/mol. The summed E-state index contributed by atoms with van der Waals surface area (Å²) < 4.78 is 0.896. The minimum atomic E-state index is -0.120. The van der Waals surface area contributed by atoms with Crippen molar-refractivity contribution in [1.29, 1.82) is 0 Å². The highest BCUT2D eigenvalue weighted by molar-refractivity contribution is 9.10. The van der Waals surface area contributed by atoms with E-state index in [4.69, 9.17) is 0 Å². The van der Waals surface area contributed by atoms with Gasteiger partial charge in [0.15, 0.2) is 0 Å². The molecule has 0 atom stereocenters. The standard InChI is InChI=1S/C10H14BrN3O/c1-3-14(4-2)10(15)13-9-7-8(11)5-6-12-9/h5-7H,3-4H2,1-2H3,(H,12,13,15). The van der Waals surface area contributed by atoms with E-state index >= 15 is 0 Å². The SMILES string of the molecule is CCN(CC)C(=O)Nc1cc(Br)ccn1. The van der Waals surface area contributed by atoms with E-state index in [1.807, 2.05) is 19.9 Å². The molecule has 0 aliphatic heterocycles. The highest BCUT2D eigenvalue weighted by atomic mass is 79.9. The normalized spacial score (nSPS) is 9.80. The van der Waals surface area contributed by atoms with Gasteiger partial charge in [0.2, 0.25) is 0 Å². The van der Waals surface area contributed by atoms with Gasteiger partial charge in [0, 0.05) is 23.8 Å². The van der Waals surface area contributed by atoms with Crippen LogP contribution in [0.5, 0.6) is 0 Å². The van der Waals surface area contributed by atoms with Gasteiger partial charge in [-0.2, -0.15) is 0 Å². The number of rotatable bonds is 3. The van der Waals surface area contributed by atoms with Crippen LogP contribution in [-0.4, -0.2) is 29.0 Å². The van der Waals surface area contributed by atoms with Crippen molar-refractivity contribution >= 4 is 27.8 Å². The molecule has 82 valence electrons. The number of amides is 2. The summed E-state index contributed by atoms with van der Waals surface area (Å²) in [5.74, 6) is 0.557. The van der Waals surface area contributed by atoms with Crippen LogP contribution in [-0.2, 0) is 0 Å². The smallest absolute Gasteiger partial charge is 0.322 e. The van der Waals surface area contributed by atoms with Crippen LogP contribution in [0.2, 0.25) is 0 Å². The third-order valence-electron chi connectivity index (χ3n) is 2.01. The molecule has 1 N–H and O–H groups in total. The van der Waals surface area contributed by atoms with Gasteiger partial charge in [0.1, 0.15) is 5.82 Å². The lowest BCUT2D eigenvalue weighted by Gasteiger charge is -2.18. The van der Waals surface area contributed by atoms with Gasteiger partial charge >= 0.3 is 6.03 Å². The fraction of sp³-hybridized carbons (Fsp3) is 0.400. The van der Waals surface area contributed by atoms with Crippen LogP contribution in [0.1, 0.15) is 13.8 Å². The van der Waals surface area contributed by atoms with Crippen LogP contribution in [0.25, 0.3) is 0 Å². The predicted octanol–water partition coefficient (Wildman–Crippen LogP) is 2.72. The Balaban J connectivity index is 2.65. The van der Waals surface area contributed by atoms with Crippen molar-refractivity contribution in [2.75, 3.05) is 18.4 Å². The summed E-state index contributed by atoms with van der Waals surface area (Å²) in [7, 11) is 0. The zero-order valence-corrected chi connectivity index (χ0v) is 10.4. The maximum atomic E-state index is 11.6. The Morgan fingerprint density at radius 2 is 2.20 bits per heavy atom. The first-order chi connectivity index (χ1) is 7.17. The van der Waals surface area contributed by atoms with Crippen molar-refractivity contribution in [3.8, 4) is 0 Å². The molecule has 15 heavy (non-hydrogen) atoms. The molecule has 0 aliphatic rings. The Labute approximate surface area is 97.8 Å². The van der Waals surface area contributed by atoms with E-state index in [1.165, 1.54) is 0 Å². The highest BCUT2D eigenvalue weighted by Crippen LogP contribution is 2.12. The molecule has 0 bridgehead atoms.